The standard InChI is InChI=1S/C15H16NO2.BrH/c1-17-14-7-6-13(12-15(14)18-2)8-11-16-9-4-3-5-10-16;/h3-12H,1-2H3;1H/q+1;/p-1. The SMILES string of the molecule is COc1ccc(C=C[n+]2ccccc2)cc1OC.[Br-]. The van der Waals surface area contributed by atoms with E-state index in [2.05, 4.69) is 0 Å². The van der Waals surface area contributed by atoms with Gasteiger partial charge in [0.15, 0.2) is 30.1 Å². The number of rotatable bonds is 4. The molecule has 19 heavy (non-hydrogen) atoms. The summed E-state index contributed by atoms with van der Waals surface area (Å²) >= 11 is 0. The fourth-order valence-electron chi connectivity index (χ4n) is 1.64. The van der Waals surface area contributed by atoms with E-state index in [0.717, 1.165) is 17.1 Å². The van der Waals surface area contributed by atoms with Crippen molar-refractivity contribution in [3.63, 3.8) is 0 Å². The molecule has 0 unspecified atom stereocenters. The highest BCUT2D eigenvalue weighted by Gasteiger charge is 2.03. The molecule has 1 aromatic heterocycles. The van der Waals surface area contributed by atoms with Crippen LogP contribution in [0.4, 0.5) is 0 Å². The second kappa shape index (κ2) is 7.59. The lowest BCUT2D eigenvalue weighted by atomic mass is 10.2. The lowest BCUT2D eigenvalue weighted by Crippen LogP contribution is -3.00. The Kier molecular flexibility index (Phi) is 6.09. The van der Waals surface area contributed by atoms with E-state index in [1.54, 1.807) is 14.2 Å². The zero-order valence-corrected chi connectivity index (χ0v) is 12.5. The van der Waals surface area contributed by atoms with Crippen LogP contribution in [0.3, 0.4) is 0 Å². The lowest BCUT2D eigenvalue weighted by Gasteiger charge is -2.07. The van der Waals surface area contributed by atoms with Gasteiger partial charge in [-0.3, -0.25) is 0 Å². The van der Waals surface area contributed by atoms with Crippen molar-refractivity contribution in [2.24, 2.45) is 0 Å². The molecule has 1 heterocycles. The average molecular weight is 322 g/mol. The summed E-state index contributed by atoms with van der Waals surface area (Å²) in [5.74, 6) is 1.47. The van der Waals surface area contributed by atoms with Gasteiger partial charge in [0, 0.05) is 18.2 Å². The topological polar surface area (TPSA) is 22.3 Å². The number of halogens is 1. The van der Waals surface area contributed by atoms with Crippen molar-refractivity contribution in [2.75, 3.05) is 14.2 Å². The predicted molar refractivity (Wildman–Crippen MR) is 71.4 cm³/mol. The molecule has 0 saturated carbocycles. The summed E-state index contributed by atoms with van der Waals surface area (Å²) in [5, 5.41) is 0. The van der Waals surface area contributed by atoms with Crippen molar-refractivity contribution >= 4 is 12.3 Å². The van der Waals surface area contributed by atoms with Gasteiger partial charge in [0.2, 0.25) is 0 Å². The van der Waals surface area contributed by atoms with E-state index in [1.807, 2.05) is 65.6 Å². The molecule has 0 radical (unpaired) electrons. The minimum atomic E-state index is 0. The summed E-state index contributed by atoms with van der Waals surface area (Å²) in [4.78, 5) is 0. The first kappa shape index (κ1) is 15.2. The molecule has 0 N–H and O–H groups in total. The van der Waals surface area contributed by atoms with Crippen LogP contribution in [0.25, 0.3) is 12.3 Å². The number of methoxy groups -OCH3 is 2. The third-order valence-electron chi connectivity index (χ3n) is 2.59. The molecule has 2 rings (SSSR count). The van der Waals surface area contributed by atoms with E-state index in [1.165, 1.54) is 0 Å². The predicted octanol–water partition coefficient (Wildman–Crippen LogP) is -0.377. The Morgan fingerprint density at radius 3 is 2.26 bits per heavy atom. The van der Waals surface area contributed by atoms with E-state index < -0.39 is 0 Å². The van der Waals surface area contributed by atoms with Crippen molar-refractivity contribution in [3.8, 4) is 11.5 Å². The van der Waals surface area contributed by atoms with E-state index in [-0.39, 0.29) is 17.0 Å². The number of benzene rings is 1. The molecule has 0 spiro atoms. The van der Waals surface area contributed by atoms with E-state index >= 15 is 0 Å². The van der Waals surface area contributed by atoms with Gasteiger partial charge in [0.1, 0.15) is 0 Å². The quantitative estimate of drug-likeness (QED) is 0.717. The van der Waals surface area contributed by atoms with Crippen LogP contribution in [0.2, 0.25) is 0 Å². The molecule has 0 amide bonds. The Morgan fingerprint density at radius 1 is 0.947 bits per heavy atom. The Hall–Kier alpha value is -1.81. The van der Waals surface area contributed by atoms with Gasteiger partial charge in [-0.05, 0) is 17.7 Å². The van der Waals surface area contributed by atoms with Gasteiger partial charge in [0.25, 0.3) is 0 Å². The molecular formula is C15H16BrNO2. The monoisotopic (exact) mass is 321 g/mol. The summed E-state index contributed by atoms with van der Waals surface area (Å²) in [6.45, 7) is 0. The maximum absolute atomic E-state index is 5.26. The van der Waals surface area contributed by atoms with Crippen molar-refractivity contribution in [1.29, 1.82) is 0 Å². The number of aromatic nitrogens is 1. The van der Waals surface area contributed by atoms with Gasteiger partial charge < -0.3 is 26.5 Å². The molecule has 0 saturated heterocycles. The molecule has 4 heteroatoms. The number of hydrogen-bond donors (Lipinski definition) is 0. The zero-order chi connectivity index (χ0) is 12.8. The number of ether oxygens (including phenoxy) is 2. The van der Waals surface area contributed by atoms with Crippen LogP contribution >= 0.6 is 0 Å². The molecule has 0 aliphatic heterocycles. The summed E-state index contributed by atoms with van der Waals surface area (Å²) in [6, 6.07) is 11.8. The number of pyridine rings is 1. The maximum atomic E-state index is 5.26. The van der Waals surface area contributed by atoms with Gasteiger partial charge in [-0.2, -0.15) is 4.57 Å². The Bertz CT molecular complexity index is 541. The first-order chi connectivity index (χ1) is 8.83. The average Bonchev–Trinajstić information content (AvgIpc) is 2.45. The fraction of sp³-hybridized carbons (Fsp3) is 0.133. The molecule has 2 aromatic rings. The molecule has 0 aliphatic carbocycles. The molecule has 3 nitrogen and oxygen atoms in total. The smallest absolute Gasteiger partial charge is 0.175 e. The van der Waals surface area contributed by atoms with Gasteiger partial charge in [-0.1, -0.05) is 12.1 Å². The van der Waals surface area contributed by atoms with Crippen molar-refractivity contribution in [3.05, 3.63) is 54.4 Å². The molecule has 0 aliphatic rings. The van der Waals surface area contributed by atoms with E-state index in [0.29, 0.717) is 0 Å². The summed E-state index contributed by atoms with van der Waals surface area (Å²) in [6.07, 6.45) is 7.97. The fourth-order valence-corrected chi connectivity index (χ4v) is 1.64. The van der Waals surface area contributed by atoms with Gasteiger partial charge in [0.05, 0.1) is 14.2 Å². The molecule has 100 valence electrons. The Balaban J connectivity index is 0.00000180. The first-order valence-electron chi connectivity index (χ1n) is 5.69. The van der Waals surface area contributed by atoms with Crippen LogP contribution < -0.4 is 31.0 Å². The minimum Gasteiger partial charge on any atom is -1.00 e. The third kappa shape index (κ3) is 4.10. The van der Waals surface area contributed by atoms with Crippen molar-refractivity contribution in [1.82, 2.24) is 0 Å². The highest BCUT2D eigenvalue weighted by Crippen LogP contribution is 2.27. The Labute approximate surface area is 123 Å². The number of nitrogens with zero attached hydrogens (tertiary/aromatic N) is 1. The summed E-state index contributed by atoms with van der Waals surface area (Å²) in [5.41, 5.74) is 1.06. The summed E-state index contributed by atoms with van der Waals surface area (Å²) < 4.78 is 12.4. The van der Waals surface area contributed by atoms with Crippen molar-refractivity contribution < 1.29 is 31.0 Å². The van der Waals surface area contributed by atoms with Gasteiger partial charge in [-0.15, -0.1) is 0 Å². The third-order valence-corrected chi connectivity index (χ3v) is 2.59. The second-order valence-electron chi connectivity index (χ2n) is 3.75. The van der Waals surface area contributed by atoms with Crippen LogP contribution in [-0.4, -0.2) is 14.2 Å². The van der Waals surface area contributed by atoms with Crippen LogP contribution in [0.15, 0.2) is 48.8 Å². The first-order valence-corrected chi connectivity index (χ1v) is 5.69. The highest BCUT2D eigenvalue weighted by molar-refractivity contribution is 5.60. The minimum absolute atomic E-state index is 0. The summed E-state index contributed by atoms with van der Waals surface area (Å²) in [7, 11) is 3.27. The normalized spacial score (nSPS) is 10.0. The molecule has 0 fully saturated rings. The number of hydrogen-bond acceptors (Lipinski definition) is 2. The van der Waals surface area contributed by atoms with Crippen LogP contribution in [0.5, 0.6) is 11.5 Å². The lowest BCUT2D eigenvalue weighted by molar-refractivity contribution is -0.567. The van der Waals surface area contributed by atoms with Gasteiger partial charge in [-0.25, -0.2) is 0 Å². The maximum Gasteiger partial charge on any atom is 0.175 e. The van der Waals surface area contributed by atoms with Crippen LogP contribution in [-0.2, 0) is 0 Å². The molecular weight excluding hydrogens is 306 g/mol. The largest absolute Gasteiger partial charge is 1.00 e. The van der Waals surface area contributed by atoms with Crippen LogP contribution in [0.1, 0.15) is 5.56 Å². The van der Waals surface area contributed by atoms with E-state index in [9.17, 15) is 0 Å². The van der Waals surface area contributed by atoms with Gasteiger partial charge >= 0.3 is 0 Å². The van der Waals surface area contributed by atoms with E-state index in [4.69, 9.17) is 9.47 Å². The van der Waals surface area contributed by atoms with Crippen molar-refractivity contribution in [2.45, 2.75) is 0 Å². The molecule has 1 aromatic carbocycles. The molecule has 0 atom stereocenters. The second-order valence-corrected chi connectivity index (χ2v) is 3.75. The molecule has 0 bridgehead atoms. The van der Waals surface area contributed by atoms with Crippen LogP contribution in [0, 0.1) is 0 Å². The zero-order valence-electron chi connectivity index (χ0n) is 10.9. The Morgan fingerprint density at radius 2 is 1.63 bits per heavy atom. The highest BCUT2D eigenvalue weighted by atomic mass is 79.9.